The molecule has 0 aromatic carbocycles. The molecule has 1 heterocycles. The molecule has 0 aromatic rings. The zero-order valence-corrected chi connectivity index (χ0v) is 10.7. The van der Waals surface area contributed by atoms with Crippen LogP contribution in [0.1, 0.15) is 51.9 Å². The van der Waals surface area contributed by atoms with Crippen molar-refractivity contribution in [1.82, 2.24) is 0 Å². The lowest BCUT2D eigenvalue weighted by Crippen LogP contribution is -2.50. The largest absolute Gasteiger partial charge is 0.388 e. The van der Waals surface area contributed by atoms with Gasteiger partial charge in [-0.2, -0.15) is 5.26 Å². The fourth-order valence-electron chi connectivity index (χ4n) is 3.45. The van der Waals surface area contributed by atoms with Crippen molar-refractivity contribution >= 4 is 0 Å². The van der Waals surface area contributed by atoms with E-state index in [0.29, 0.717) is 19.6 Å². The Morgan fingerprint density at radius 1 is 1.35 bits per heavy atom. The molecule has 0 radical (unpaired) electrons. The fraction of sp³-hybridized carbons (Fsp3) is 0.929. The van der Waals surface area contributed by atoms with Gasteiger partial charge < -0.3 is 9.84 Å². The maximum Gasteiger partial charge on any atom is 0.111 e. The van der Waals surface area contributed by atoms with Crippen LogP contribution >= 0.6 is 0 Å². The average Bonchev–Trinajstić information content (AvgIpc) is 2.83. The summed E-state index contributed by atoms with van der Waals surface area (Å²) in [7, 11) is 0. The predicted octanol–water partition coefficient (Wildman–Crippen LogP) is 2.64. The van der Waals surface area contributed by atoms with Crippen molar-refractivity contribution in [2.45, 2.75) is 57.5 Å². The Morgan fingerprint density at radius 2 is 2.06 bits per heavy atom. The minimum atomic E-state index is -0.803. The van der Waals surface area contributed by atoms with Gasteiger partial charge in [-0.05, 0) is 38.0 Å². The van der Waals surface area contributed by atoms with E-state index >= 15 is 0 Å². The summed E-state index contributed by atoms with van der Waals surface area (Å²) in [6.45, 7) is 3.25. The van der Waals surface area contributed by atoms with Crippen LogP contribution in [-0.4, -0.2) is 23.9 Å². The Labute approximate surface area is 104 Å². The molecule has 2 fully saturated rings. The number of rotatable bonds is 3. The number of nitriles is 1. The number of aliphatic hydroxyl groups is 1. The van der Waals surface area contributed by atoms with Gasteiger partial charge in [0.15, 0.2) is 0 Å². The molecule has 0 bridgehead atoms. The van der Waals surface area contributed by atoms with Crippen LogP contribution in [-0.2, 0) is 4.74 Å². The van der Waals surface area contributed by atoms with Gasteiger partial charge in [0.05, 0.1) is 18.3 Å². The first-order valence-electron chi connectivity index (χ1n) is 6.87. The zero-order chi connectivity index (χ0) is 12.4. The number of nitrogens with zero attached hydrogens (tertiary/aromatic N) is 1. The summed E-state index contributed by atoms with van der Waals surface area (Å²) in [5.74, 6) is 0.748. The molecule has 2 aliphatic rings. The van der Waals surface area contributed by atoms with E-state index in [1.807, 2.05) is 0 Å². The normalized spacial score (nSPS) is 42.3. The summed E-state index contributed by atoms with van der Waals surface area (Å²) in [4.78, 5) is 0. The summed E-state index contributed by atoms with van der Waals surface area (Å²) in [5.41, 5.74) is -1.44. The lowest BCUT2D eigenvalue weighted by Gasteiger charge is -2.44. The van der Waals surface area contributed by atoms with Gasteiger partial charge in [0.25, 0.3) is 0 Å². The molecule has 1 saturated carbocycles. The molecule has 3 nitrogen and oxygen atoms in total. The van der Waals surface area contributed by atoms with E-state index in [0.717, 1.165) is 31.6 Å². The maximum atomic E-state index is 10.8. The summed E-state index contributed by atoms with van der Waals surface area (Å²) in [5, 5.41) is 20.2. The Bertz CT molecular complexity index is 294. The van der Waals surface area contributed by atoms with Gasteiger partial charge in [0.2, 0.25) is 0 Å². The fourth-order valence-corrected chi connectivity index (χ4v) is 3.45. The van der Waals surface area contributed by atoms with Gasteiger partial charge in [0.1, 0.15) is 5.41 Å². The van der Waals surface area contributed by atoms with Gasteiger partial charge >= 0.3 is 0 Å². The second-order valence-corrected chi connectivity index (χ2v) is 5.76. The van der Waals surface area contributed by atoms with E-state index < -0.39 is 11.0 Å². The molecule has 2 rings (SSSR count). The molecule has 0 amide bonds. The minimum Gasteiger partial charge on any atom is -0.388 e. The molecule has 1 saturated heterocycles. The summed E-state index contributed by atoms with van der Waals surface area (Å²) >= 11 is 0. The molecular weight excluding hydrogens is 214 g/mol. The Kier molecular flexibility index (Phi) is 3.75. The molecule has 0 spiro atoms. The minimum absolute atomic E-state index is 0.415. The summed E-state index contributed by atoms with van der Waals surface area (Å²) in [6.07, 6.45) is 6.84. The number of hydrogen-bond acceptors (Lipinski definition) is 3. The number of hydrogen-bond donors (Lipinski definition) is 1. The molecule has 1 aliphatic carbocycles. The second-order valence-electron chi connectivity index (χ2n) is 5.76. The van der Waals surface area contributed by atoms with Crippen LogP contribution in [0.25, 0.3) is 0 Å². The van der Waals surface area contributed by atoms with Crippen LogP contribution in [0.2, 0.25) is 0 Å². The van der Waals surface area contributed by atoms with Crippen molar-refractivity contribution in [2.24, 2.45) is 11.3 Å². The van der Waals surface area contributed by atoms with Crippen molar-refractivity contribution < 1.29 is 9.84 Å². The average molecular weight is 237 g/mol. The van der Waals surface area contributed by atoms with Crippen LogP contribution in [0, 0.1) is 22.7 Å². The first kappa shape index (κ1) is 12.9. The van der Waals surface area contributed by atoms with E-state index in [4.69, 9.17) is 4.74 Å². The van der Waals surface area contributed by atoms with Gasteiger partial charge in [-0.25, -0.2) is 0 Å². The van der Waals surface area contributed by atoms with Gasteiger partial charge in [0, 0.05) is 6.61 Å². The SMILES string of the molecule is CCCC1CCC(O)(C2(C#N)CCOC2)CC1. The monoisotopic (exact) mass is 237 g/mol. The van der Waals surface area contributed by atoms with Gasteiger partial charge in [-0.15, -0.1) is 0 Å². The highest BCUT2D eigenvalue weighted by molar-refractivity contribution is 5.14. The zero-order valence-electron chi connectivity index (χ0n) is 10.7. The van der Waals surface area contributed by atoms with E-state index in [9.17, 15) is 10.4 Å². The quantitative estimate of drug-likeness (QED) is 0.821. The third-order valence-corrected chi connectivity index (χ3v) is 4.76. The van der Waals surface area contributed by atoms with E-state index in [2.05, 4.69) is 13.0 Å². The lowest BCUT2D eigenvalue weighted by atomic mass is 9.63. The highest BCUT2D eigenvalue weighted by atomic mass is 16.5. The summed E-state index contributed by atoms with van der Waals surface area (Å²) < 4.78 is 5.36. The lowest BCUT2D eigenvalue weighted by molar-refractivity contribution is -0.0926. The molecule has 17 heavy (non-hydrogen) atoms. The molecule has 0 aromatic heterocycles. The Morgan fingerprint density at radius 3 is 2.53 bits per heavy atom. The Balaban J connectivity index is 2.04. The third kappa shape index (κ3) is 2.21. The highest BCUT2D eigenvalue weighted by Crippen LogP contribution is 2.48. The van der Waals surface area contributed by atoms with Crippen LogP contribution in [0.15, 0.2) is 0 Å². The smallest absolute Gasteiger partial charge is 0.111 e. The standard InChI is InChI=1S/C14H23NO2/c1-2-3-12-4-6-14(16,7-5-12)13(10-15)8-9-17-11-13/h12,16H,2-9,11H2,1H3. The molecule has 3 heteroatoms. The van der Waals surface area contributed by atoms with Crippen LogP contribution in [0.3, 0.4) is 0 Å². The highest BCUT2D eigenvalue weighted by Gasteiger charge is 2.54. The van der Waals surface area contributed by atoms with Gasteiger partial charge in [-0.3, -0.25) is 0 Å². The first-order valence-corrected chi connectivity index (χ1v) is 6.87. The van der Waals surface area contributed by atoms with Crippen LogP contribution < -0.4 is 0 Å². The first-order chi connectivity index (χ1) is 8.16. The molecule has 1 N–H and O–H groups in total. The number of ether oxygens (including phenoxy) is 1. The molecule has 1 atom stereocenters. The maximum absolute atomic E-state index is 10.8. The topological polar surface area (TPSA) is 53.2 Å². The molecular formula is C14H23NO2. The van der Waals surface area contributed by atoms with E-state index in [-0.39, 0.29) is 0 Å². The summed E-state index contributed by atoms with van der Waals surface area (Å²) in [6, 6.07) is 2.36. The van der Waals surface area contributed by atoms with E-state index in [1.165, 1.54) is 12.8 Å². The van der Waals surface area contributed by atoms with Crippen LogP contribution in [0.4, 0.5) is 0 Å². The van der Waals surface area contributed by atoms with Crippen molar-refractivity contribution in [3.8, 4) is 6.07 Å². The van der Waals surface area contributed by atoms with Crippen molar-refractivity contribution in [3.63, 3.8) is 0 Å². The van der Waals surface area contributed by atoms with Crippen molar-refractivity contribution in [2.75, 3.05) is 13.2 Å². The van der Waals surface area contributed by atoms with Crippen LogP contribution in [0.5, 0.6) is 0 Å². The van der Waals surface area contributed by atoms with Crippen molar-refractivity contribution in [1.29, 1.82) is 5.26 Å². The third-order valence-electron chi connectivity index (χ3n) is 4.76. The predicted molar refractivity (Wildman–Crippen MR) is 65.3 cm³/mol. The van der Waals surface area contributed by atoms with E-state index in [1.54, 1.807) is 0 Å². The molecule has 96 valence electrons. The molecule has 1 unspecified atom stereocenters. The molecule has 1 aliphatic heterocycles. The second kappa shape index (κ2) is 4.96. The van der Waals surface area contributed by atoms with Crippen molar-refractivity contribution in [3.05, 3.63) is 0 Å². The Hall–Kier alpha value is -0.590. The van der Waals surface area contributed by atoms with Gasteiger partial charge in [-0.1, -0.05) is 19.8 Å².